The maximum absolute atomic E-state index is 12.0. The Morgan fingerprint density at radius 2 is 1.00 bits per heavy atom. The lowest BCUT2D eigenvalue weighted by Crippen LogP contribution is -2.46. The van der Waals surface area contributed by atoms with Crippen LogP contribution in [0.15, 0.2) is 0 Å². The topological polar surface area (TPSA) is 281 Å². The monoisotopic (exact) mass is 700 g/mol. The van der Waals surface area contributed by atoms with Crippen molar-refractivity contribution in [3.8, 4) is 0 Å². The van der Waals surface area contributed by atoms with Gasteiger partial charge in [-0.2, -0.15) is 0 Å². The van der Waals surface area contributed by atoms with Gasteiger partial charge in [-0.3, -0.25) is 43.4 Å². The van der Waals surface area contributed by atoms with E-state index in [0.29, 0.717) is 43.7 Å². The van der Waals surface area contributed by atoms with Crippen molar-refractivity contribution in [1.29, 1.82) is 0 Å². The number of hydrogen-bond acceptors (Lipinski definition) is 13. The number of carboxylic acids is 5. The van der Waals surface area contributed by atoms with Gasteiger partial charge in [0.15, 0.2) is 0 Å². The summed E-state index contributed by atoms with van der Waals surface area (Å²) in [5, 5.41) is 59.9. The van der Waals surface area contributed by atoms with E-state index in [0.717, 1.165) is 9.80 Å². The highest BCUT2D eigenvalue weighted by Gasteiger charge is 2.29. The molecular formula is C26H44N4O14S2. The number of carbonyl (C=O) groups excluding carboxylic acids is 2. The minimum atomic E-state index is -1.34. The predicted molar refractivity (Wildman–Crippen MR) is 165 cm³/mol. The van der Waals surface area contributed by atoms with Gasteiger partial charge in [0.05, 0.1) is 19.6 Å². The van der Waals surface area contributed by atoms with Crippen LogP contribution < -0.4 is 10.6 Å². The number of hydrogen-bond donors (Lipinski definition) is 8. The van der Waals surface area contributed by atoms with Crippen molar-refractivity contribution in [2.24, 2.45) is 0 Å². The van der Waals surface area contributed by atoms with Gasteiger partial charge >= 0.3 is 29.8 Å². The molecular weight excluding hydrogens is 656 g/mol. The highest BCUT2D eigenvalue weighted by Crippen LogP contribution is 2.22. The van der Waals surface area contributed by atoms with Gasteiger partial charge in [-0.05, 0) is 38.5 Å². The van der Waals surface area contributed by atoms with Crippen LogP contribution >= 0.6 is 21.6 Å². The van der Waals surface area contributed by atoms with E-state index in [1.807, 2.05) is 0 Å². The largest absolute Gasteiger partial charge is 0.480 e. The molecule has 0 radical (unpaired) electrons. The third kappa shape index (κ3) is 22.4. The second-order valence-electron chi connectivity index (χ2n) is 9.84. The summed E-state index contributed by atoms with van der Waals surface area (Å²) in [7, 11) is 2.84. The number of nitrogens with one attached hydrogen (secondary N) is 2. The van der Waals surface area contributed by atoms with Crippen LogP contribution in [0.3, 0.4) is 0 Å². The van der Waals surface area contributed by atoms with E-state index < -0.39 is 68.4 Å². The molecule has 0 aliphatic heterocycles. The number of ether oxygens (including phenoxy) is 1. The van der Waals surface area contributed by atoms with Crippen LogP contribution in [0.2, 0.25) is 0 Å². The summed E-state index contributed by atoms with van der Waals surface area (Å²) in [6.45, 7) is -2.46. The third-order valence-corrected chi connectivity index (χ3v) is 8.58. The van der Waals surface area contributed by atoms with Gasteiger partial charge < -0.3 is 46.0 Å². The van der Waals surface area contributed by atoms with Gasteiger partial charge in [0.1, 0.15) is 25.6 Å². The summed E-state index contributed by atoms with van der Waals surface area (Å²) in [5.74, 6) is -5.87. The van der Waals surface area contributed by atoms with Crippen molar-refractivity contribution < 1.29 is 68.9 Å². The number of unbranched alkanes of at least 4 members (excludes halogenated alkanes) is 2. The van der Waals surface area contributed by atoms with Crippen LogP contribution in [0.4, 0.5) is 0 Å². The molecule has 0 aromatic carbocycles. The molecule has 0 aromatic rings. The number of aliphatic carboxylic acids is 5. The summed E-state index contributed by atoms with van der Waals surface area (Å²) >= 11 is 0. The fraction of sp³-hybridized carbons (Fsp3) is 0.731. The zero-order chi connectivity index (χ0) is 34.9. The fourth-order valence-electron chi connectivity index (χ4n) is 4.07. The van der Waals surface area contributed by atoms with Gasteiger partial charge in [0.25, 0.3) is 0 Å². The van der Waals surface area contributed by atoms with Gasteiger partial charge in [0.2, 0.25) is 11.8 Å². The Kier molecular flexibility index (Phi) is 24.2. The Balaban J connectivity index is 4.08. The van der Waals surface area contributed by atoms with Crippen molar-refractivity contribution >= 4 is 63.2 Å². The Hall–Kier alpha value is -3.17. The molecule has 0 saturated carbocycles. The number of carboxylic acid groups (broad SMARTS) is 5. The van der Waals surface area contributed by atoms with Crippen molar-refractivity contribution in [2.45, 2.75) is 63.5 Å². The van der Waals surface area contributed by atoms with E-state index in [1.54, 1.807) is 0 Å². The third-order valence-electron chi connectivity index (χ3n) is 6.18. The summed E-state index contributed by atoms with van der Waals surface area (Å²) in [6, 6.07) is -2.40. The Labute approximate surface area is 273 Å². The van der Waals surface area contributed by atoms with Crippen molar-refractivity contribution in [3.05, 3.63) is 0 Å². The van der Waals surface area contributed by atoms with Crippen LogP contribution in [-0.4, -0.2) is 152 Å². The molecule has 0 heterocycles. The van der Waals surface area contributed by atoms with E-state index >= 15 is 0 Å². The van der Waals surface area contributed by atoms with E-state index in [1.165, 1.54) is 21.6 Å². The summed E-state index contributed by atoms with van der Waals surface area (Å²) in [6.07, 6.45) is 2.23. The number of nitrogens with zero attached hydrogens (tertiary/aromatic N) is 2. The summed E-state index contributed by atoms with van der Waals surface area (Å²) in [5.41, 5.74) is 0. The van der Waals surface area contributed by atoms with Crippen molar-refractivity contribution in [1.82, 2.24) is 20.4 Å². The number of aliphatic hydroxyl groups excluding tert-OH is 1. The maximum atomic E-state index is 12.0. The average Bonchev–Trinajstić information content (AvgIpc) is 2.95. The van der Waals surface area contributed by atoms with Crippen LogP contribution in [0.25, 0.3) is 0 Å². The Bertz CT molecular complexity index is 974. The van der Waals surface area contributed by atoms with Crippen molar-refractivity contribution in [3.63, 3.8) is 0 Å². The molecule has 18 nitrogen and oxygen atoms in total. The fourth-order valence-corrected chi connectivity index (χ4v) is 6.05. The molecule has 0 spiro atoms. The molecule has 46 heavy (non-hydrogen) atoms. The smallest absolute Gasteiger partial charge is 0.321 e. The molecule has 2 amide bonds. The van der Waals surface area contributed by atoms with Gasteiger partial charge in [-0.1, -0.05) is 21.6 Å². The molecule has 20 heteroatoms. The lowest BCUT2D eigenvalue weighted by Gasteiger charge is -2.26. The number of rotatable bonds is 30. The second kappa shape index (κ2) is 26.0. The van der Waals surface area contributed by atoms with Crippen LogP contribution in [0.1, 0.15) is 51.4 Å². The molecule has 0 saturated heterocycles. The Morgan fingerprint density at radius 3 is 1.37 bits per heavy atom. The SMILES string of the molecule is O=C(O)CN(COCO)C(CCCCNC(=O)CCSSCCC(=O)NCCCCC(C(=O)O)N(CC(=O)O)CC(=O)O)C(=O)O. The molecule has 0 fully saturated rings. The first kappa shape index (κ1) is 42.8. The first-order valence-electron chi connectivity index (χ1n) is 14.3. The summed E-state index contributed by atoms with van der Waals surface area (Å²) < 4.78 is 4.75. The molecule has 0 aliphatic carbocycles. The van der Waals surface area contributed by atoms with E-state index in [2.05, 4.69) is 10.6 Å². The number of carbonyl (C=O) groups is 7. The number of amides is 2. The lowest BCUT2D eigenvalue weighted by molar-refractivity contribution is -0.154. The standard InChI is InChI=1S/C26H44N4O14S2/c31-17-44-16-30(15-24(38)39)19(26(42)43)6-2-4-10-28-21(33)8-12-46-45-11-7-20(32)27-9-3-1-5-18(25(40)41)29(13-22(34)35)14-23(36)37/h18-19,31H,1-17H2,(H,27,32)(H,28,33)(H,34,35)(H,36,37)(H,38,39)(H,40,41)(H,42,43). The minimum Gasteiger partial charge on any atom is -0.480 e. The number of aliphatic hydroxyl groups is 1. The molecule has 2 atom stereocenters. The molecule has 264 valence electrons. The molecule has 8 N–H and O–H groups in total. The average molecular weight is 701 g/mol. The normalized spacial score (nSPS) is 12.4. The maximum Gasteiger partial charge on any atom is 0.321 e. The van der Waals surface area contributed by atoms with Crippen LogP contribution in [0, 0.1) is 0 Å². The quantitative estimate of drug-likeness (QED) is 0.0264. The molecule has 2 unspecified atom stereocenters. The van der Waals surface area contributed by atoms with E-state index in [9.17, 15) is 43.8 Å². The van der Waals surface area contributed by atoms with Crippen LogP contribution in [-0.2, 0) is 38.3 Å². The van der Waals surface area contributed by atoms with Gasteiger partial charge in [-0.15, -0.1) is 0 Å². The highest BCUT2D eigenvalue weighted by molar-refractivity contribution is 8.76. The van der Waals surface area contributed by atoms with Crippen molar-refractivity contribution in [2.75, 3.05) is 57.8 Å². The van der Waals surface area contributed by atoms with E-state index in [-0.39, 0.29) is 50.8 Å². The first-order valence-corrected chi connectivity index (χ1v) is 16.8. The zero-order valence-corrected chi connectivity index (χ0v) is 27.0. The van der Waals surface area contributed by atoms with Gasteiger partial charge in [0, 0.05) is 37.4 Å². The molecule has 0 bridgehead atoms. The predicted octanol–water partition coefficient (Wildman–Crippen LogP) is -0.591. The Morgan fingerprint density at radius 1 is 0.609 bits per heavy atom. The van der Waals surface area contributed by atoms with Crippen LogP contribution in [0.5, 0.6) is 0 Å². The molecule has 0 rings (SSSR count). The molecule has 0 aliphatic rings. The first-order chi connectivity index (χ1) is 21.8. The van der Waals surface area contributed by atoms with E-state index in [4.69, 9.17) is 25.2 Å². The molecule has 0 aromatic heterocycles. The second-order valence-corrected chi connectivity index (χ2v) is 12.5. The summed E-state index contributed by atoms with van der Waals surface area (Å²) in [4.78, 5) is 82.0. The zero-order valence-electron chi connectivity index (χ0n) is 25.3. The highest BCUT2D eigenvalue weighted by atomic mass is 33.1. The lowest BCUT2D eigenvalue weighted by atomic mass is 10.1. The van der Waals surface area contributed by atoms with Gasteiger partial charge in [-0.25, -0.2) is 0 Å². The minimum absolute atomic E-state index is 0.0202.